The highest BCUT2D eigenvalue weighted by molar-refractivity contribution is 7.17. The molecule has 0 aliphatic rings. The van der Waals surface area contributed by atoms with E-state index in [1.54, 1.807) is 29.8 Å². The van der Waals surface area contributed by atoms with E-state index in [0.29, 0.717) is 19.0 Å². The van der Waals surface area contributed by atoms with Crippen molar-refractivity contribution in [1.29, 1.82) is 0 Å². The summed E-state index contributed by atoms with van der Waals surface area (Å²) in [5, 5.41) is 7.74. The van der Waals surface area contributed by atoms with E-state index in [1.807, 2.05) is 25.1 Å². The average Bonchev–Trinajstić information content (AvgIpc) is 3.24. The molecule has 0 aliphatic carbocycles. The van der Waals surface area contributed by atoms with Crippen LogP contribution in [0.1, 0.15) is 21.4 Å². The van der Waals surface area contributed by atoms with Crippen molar-refractivity contribution in [2.75, 3.05) is 12.4 Å². The van der Waals surface area contributed by atoms with Crippen LogP contribution in [-0.2, 0) is 17.9 Å². The number of benzene rings is 1. The van der Waals surface area contributed by atoms with E-state index in [-0.39, 0.29) is 0 Å². The molecular weight excluding hydrogens is 376 g/mol. The topological polar surface area (TPSA) is 59.9 Å². The number of fused-ring (bicyclic) bond motifs is 1. The lowest BCUT2D eigenvalue weighted by Gasteiger charge is -2.09. The minimum Gasteiger partial charge on any atom is -0.377 e. The lowest BCUT2D eigenvalue weighted by molar-refractivity contribution is 0.178. The molecule has 0 aliphatic heterocycles. The molecule has 4 rings (SSSR count). The number of thiophene rings is 1. The normalized spacial score (nSPS) is 11.2. The molecule has 1 N–H and O–H groups in total. The fourth-order valence-electron chi connectivity index (χ4n) is 2.91. The van der Waals surface area contributed by atoms with E-state index >= 15 is 0 Å². The summed E-state index contributed by atoms with van der Waals surface area (Å²) in [5.41, 5.74) is 3.40. The fraction of sp³-hybridized carbons (Fsp3) is 0.250. The molecule has 4 aromatic rings. The van der Waals surface area contributed by atoms with Gasteiger partial charge in [-0.3, -0.25) is 0 Å². The first kappa shape index (κ1) is 18.0. The number of methoxy groups -OCH3 is 1. The largest absolute Gasteiger partial charge is 0.377 e. The zero-order valence-electron chi connectivity index (χ0n) is 15.4. The first-order chi connectivity index (χ1) is 13.2. The van der Waals surface area contributed by atoms with Gasteiger partial charge in [0.1, 0.15) is 22.3 Å². The summed E-state index contributed by atoms with van der Waals surface area (Å²) in [6, 6.07) is 10.3. The zero-order valence-corrected chi connectivity index (χ0v) is 17.1. The SMILES string of the molecule is COCc1nc(NCc2nc(C)c(C)s2)c2c(-c3ccccc3)csc2n1. The molecule has 0 amide bonds. The Morgan fingerprint density at radius 2 is 1.89 bits per heavy atom. The third-order valence-electron chi connectivity index (χ3n) is 4.32. The van der Waals surface area contributed by atoms with Crippen molar-refractivity contribution in [3.63, 3.8) is 0 Å². The Kier molecular flexibility index (Phi) is 5.15. The highest BCUT2D eigenvalue weighted by atomic mass is 32.1. The second kappa shape index (κ2) is 7.72. The first-order valence-corrected chi connectivity index (χ1v) is 10.3. The summed E-state index contributed by atoms with van der Waals surface area (Å²) in [7, 11) is 1.66. The maximum atomic E-state index is 5.25. The number of nitrogens with zero attached hydrogens (tertiary/aromatic N) is 3. The molecule has 3 heterocycles. The molecule has 7 heteroatoms. The van der Waals surface area contributed by atoms with Gasteiger partial charge in [-0.15, -0.1) is 22.7 Å². The van der Waals surface area contributed by atoms with Crippen molar-refractivity contribution in [1.82, 2.24) is 15.0 Å². The predicted molar refractivity (Wildman–Crippen MR) is 112 cm³/mol. The third-order valence-corrected chi connectivity index (χ3v) is 6.26. The molecule has 3 aromatic heterocycles. The third kappa shape index (κ3) is 3.71. The molecule has 0 saturated heterocycles. The van der Waals surface area contributed by atoms with E-state index < -0.39 is 0 Å². The lowest BCUT2D eigenvalue weighted by atomic mass is 10.1. The highest BCUT2D eigenvalue weighted by Crippen LogP contribution is 2.37. The van der Waals surface area contributed by atoms with Gasteiger partial charge in [-0.25, -0.2) is 15.0 Å². The molecule has 138 valence electrons. The van der Waals surface area contributed by atoms with E-state index in [0.717, 1.165) is 37.9 Å². The van der Waals surface area contributed by atoms with Crippen LogP contribution in [0.3, 0.4) is 0 Å². The summed E-state index contributed by atoms with van der Waals surface area (Å²) >= 11 is 3.35. The number of nitrogens with one attached hydrogen (secondary N) is 1. The number of rotatable bonds is 6. The number of anilines is 1. The predicted octanol–water partition coefficient (Wildman–Crippen LogP) is 5.19. The van der Waals surface area contributed by atoms with Gasteiger partial charge in [0, 0.05) is 22.9 Å². The Balaban J connectivity index is 1.76. The summed E-state index contributed by atoms with van der Waals surface area (Å²) in [6.45, 7) is 5.17. The van der Waals surface area contributed by atoms with Gasteiger partial charge in [0.25, 0.3) is 0 Å². The number of aromatic nitrogens is 3. The van der Waals surface area contributed by atoms with Crippen LogP contribution < -0.4 is 5.32 Å². The molecule has 0 unspecified atom stereocenters. The Morgan fingerprint density at radius 3 is 2.59 bits per heavy atom. The van der Waals surface area contributed by atoms with Crippen LogP contribution in [0.15, 0.2) is 35.7 Å². The molecule has 5 nitrogen and oxygen atoms in total. The van der Waals surface area contributed by atoms with Gasteiger partial charge >= 0.3 is 0 Å². The van der Waals surface area contributed by atoms with E-state index in [2.05, 4.69) is 39.7 Å². The highest BCUT2D eigenvalue weighted by Gasteiger charge is 2.16. The summed E-state index contributed by atoms with van der Waals surface area (Å²) in [5.74, 6) is 1.51. The van der Waals surface area contributed by atoms with Gasteiger partial charge in [0.05, 0.1) is 17.6 Å². The van der Waals surface area contributed by atoms with Crippen molar-refractivity contribution in [2.24, 2.45) is 0 Å². The lowest BCUT2D eigenvalue weighted by Crippen LogP contribution is -2.06. The number of thiazole rings is 1. The first-order valence-electron chi connectivity index (χ1n) is 8.65. The van der Waals surface area contributed by atoms with Gasteiger partial charge < -0.3 is 10.1 Å². The smallest absolute Gasteiger partial charge is 0.158 e. The molecule has 27 heavy (non-hydrogen) atoms. The summed E-state index contributed by atoms with van der Waals surface area (Å²) in [6.07, 6.45) is 0. The monoisotopic (exact) mass is 396 g/mol. The molecule has 0 bridgehead atoms. The molecule has 0 saturated carbocycles. The van der Waals surface area contributed by atoms with Crippen LogP contribution >= 0.6 is 22.7 Å². The van der Waals surface area contributed by atoms with Crippen LogP contribution in [0.2, 0.25) is 0 Å². The van der Waals surface area contributed by atoms with Crippen molar-refractivity contribution in [2.45, 2.75) is 27.0 Å². The molecule has 0 atom stereocenters. The van der Waals surface area contributed by atoms with Crippen LogP contribution in [0.25, 0.3) is 21.3 Å². The molecule has 0 fully saturated rings. The van der Waals surface area contributed by atoms with Crippen LogP contribution in [0.5, 0.6) is 0 Å². The second-order valence-corrected chi connectivity index (χ2v) is 8.37. The number of hydrogen-bond donors (Lipinski definition) is 1. The van der Waals surface area contributed by atoms with Crippen molar-refractivity contribution in [3.05, 3.63) is 57.1 Å². The molecular formula is C20H20N4OS2. The number of aryl methyl sites for hydroxylation is 2. The maximum absolute atomic E-state index is 5.25. The van der Waals surface area contributed by atoms with Crippen molar-refractivity contribution in [3.8, 4) is 11.1 Å². The van der Waals surface area contributed by atoms with E-state index in [1.165, 1.54) is 4.88 Å². The fourth-order valence-corrected chi connectivity index (χ4v) is 4.75. The van der Waals surface area contributed by atoms with Gasteiger partial charge in [-0.2, -0.15) is 0 Å². The number of hydrogen-bond acceptors (Lipinski definition) is 7. The zero-order chi connectivity index (χ0) is 18.8. The van der Waals surface area contributed by atoms with Gasteiger partial charge in [0.15, 0.2) is 5.82 Å². The summed E-state index contributed by atoms with van der Waals surface area (Å²) < 4.78 is 5.25. The molecule has 0 spiro atoms. The minimum atomic E-state index is 0.388. The second-order valence-electron chi connectivity index (χ2n) is 6.22. The Morgan fingerprint density at radius 1 is 1.07 bits per heavy atom. The Bertz CT molecular complexity index is 1050. The number of ether oxygens (including phenoxy) is 1. The minimum absolute atomic E-state index is 0.388. The molecule has 1 aromatic carbocycles. The summed E-state index contributed by atoms with van der Waals surface area (Å²) in [4.78, 5) is 16.2. The van der Waals surface area contributed by atoms with Crippen LogP contribution in [-0.4, -0.2) is 22.1 Å². The van der Waals surface area contributed by atoms with E-state index in [4.69, 9.17) is 9.72 Å². The van der Waals surface area contributed by atoms with Crippen molar-refractivity contribution >= 4 is 38.7 Å². The van der Waals surface area contributed by atoms with Gasteiger partial charge in [-0.1, -0.05) is 30.3 Å². The van der Waals surface area contributed by atoms with E-state index in [9.17, 15) is 0 Å². The van der Waals surface area contributed by atoms with Crippen molar-refractivity contribution < 1.29 is 4.74 Å². The van der Waals surface area contributed by atoms with Crippen LogP contribution in [0, 0.1) is 13.8 Å². The van der Waals surface area contributed by atoms with Crippen LogP contribution in [0.4, 0.5) is 5.82 Å². The molecule has 0 radical (unpaired) electrons. The maximum Gasteiger partial charge on any atom is 0.158 e. The quantitative estimate of drug-likeness (QED) is 0.486. The standard InChI is InChI=1S/C20H20N4OS2/c1-12-13(2)27-17(22-12)9-21-19-18-15(14-7-5-4-6-8-14)11-26-20(18)24-16(23-19)10-25-3/h4-8,11H,9-10H2,1-3H3,(H,21,23,24). The van der Waals surface area contributed by atoms with Gasteiger partial charge in [-0.05, 0) is 19.4 Å². The van der Waals surface area contributed by atoms with Gasteiger partial charge in [0.2, 0.25) is 0 Å². The average molecular weight is 397 g/mol. The Labute approximate surface area is 166 Å². The Hall–Kier alpha value is -2.35.